The summed E-state index contributed by atoms with van der Waals surface area (Å²) in [7, 11) is -4.00. The van der Waals surface area contributed by atoms with E-state index in [1.54, 1.807) is 29.3 Å². The Morgan fingerprint density at radius 3 is 2.21 bits per heavy atom. The first-order chi connectivity index (χ1) is 13.4. The summed E-state index contributed by atoms with van der Waals surface area (Å²) < 4.78 is 27.4. The molecule has 0 bridgehead atoms. The zero-order valence-electron chi connectivity index (χ0n) is 15.8. The Kier molecular flexibility index (Phi) is 7.65. The lowest BCUT2D eigenvalue weighted by Crippen LogP contribution is -2.42. The number of sulfonamides is 1. The van der Waals surface area contributed by atoms with Crippen molar-refractivity contribution in [2.45, 2.75) is 31.2 Å². The van der Waals surface area contributed by atoms with Gasteiger partial charge in [-0.2, -0.15) is 4.72 Å². The van der Waals surface area contributed by atoms with E-state index in [4.69, 9.17) is 0 Å². The molecule has 0 amide bonds. The number of rotatable bonds is 10. The van der Waals surface area contributed by atoms with Gasteiger partial charge in [0, 0.05) is 13.1 Å². The van der Waals surface area contributed by atoms with E-state index in [0.29, 0.717) is 18.8 Å². The van der Waals surface area contributed by atoms with E-state index < -0.39 is 22.0 Å². The highest BCUT2D eigenvalue weighted by atomic mass is 32.2. The van der Waals surface area contributed by atoms with E-state index in [9.17, 15) is 18.3 Å². The molecule has 1 atom stereocenters. The third kappa shape index (κ3) is 6.14. The fraction of sp³-hybridized carbons (Fsp3) is 0.316. The molecule has 150 valence electrons. The summed E-state index contributed by atoms with van der Waals surface area (Å²) in [5, 5.41) is 19.3. The zero-order valence-corrected chi connectivity index (χ0v) is 16.6. The molecule has 2 N–H and O–H groups in total. The second-order valence-electron chi connectivity index (χ2n) is 6.02. The Labute approximate surface area is 164 Å². The van der Waals surface area contributed by atoms with Crippen molar-refractivity contribution >= 4 is 21.7 Å². The maximum atomic E-state index is 12.6. The van der Waals surface area contributed by atoms with Crippen LogP contribution in [0.25, 0.3) is 0 Å². The van der Waals surface area contributed by atoms with Crippen molar-refractivity contribution in [3.8, 4) is 0 Å². The maximum Gasteiger partial charge on any atom is 0.322 e. The van der Waals surface area contributed by atoms with E-state index >= 15 is 0 Å². The third-order valence-electron chi connectivity index (χ3n) is 4.04. The van der Waals surface area contributed by atoms with Gasteiger partial charge in [-0.25, -0.2) is 8.42 Å². The first-order valence-electron chi connectivity index (χ1n) is 8.91. The number of hydrogen-bond acceptors (Lipinski definition) is 5. The summed E-state index contributed by atoms with van der Waals surface area (Å²) in [6.45, 7) is 5.35. The van der Waals surface area contributed by atoms with Gasteiger partial charge in [-0.15, -0.1) is 5.11 Å². The van der Waals surface area contributed by atoms with Crippen molar-refractivity contribution in [2.75, 3.05) is 13.1 Å². The lowest BCUT2D eigenvalue weighted by Gasteiger charge is -2.15. The van der Waals surface area contributed by atoms with Crippen LogP contribution in [-0.4, -0.2) is 43.6 Å². The van der Waals surface area contributed by atoms with Crippen LogP contribution in [0.3, 0.4) is 0 Å². The Bertz CT molecular complexity index is 895. The average Bonchev–Trinajstić information content (AvgIpc) is 2.69. The molecule has 0 aliphatic rings. The molecule has 0 aliphatic heterocycles. The Morgan fingerprint density at radius 2 is 1.68 bits per heavy atom. The Balaban J connectivity index is 2.13. The number of carboxylic acids is 1. The molecule has 2 rings (SSSR count). The van der Waals surface area contributed by atoms with E-state index in [1.165, 1.54) is 24.3 Å². The van der Waals surface area contributed by atoms with Crippen LogP contribution in [-0.2, 0) is 21.2 Å². The van der Waals surface area contributed by atoms with Gasteiger partial charge in [0.25, 0.3) is 0 Å². The second-order valence-corrected chi connectivity index (χ2v) is 7.74. The molecule has 0 fully saturated rings. The highest BCUT2D eigenvalue weighted by Crippen LogP contribution is 2.18. The van der Waals surface area contributed by atoms with Gasteiger partial charge in [0.05, 0.1) is 10.6 Å². The average molecular weight is 404 g/mol. The molecule has 0 aliphatic carbocycles. The predicted octanol–water partition coefficient (Wildman–Crippen LogP) is 3.00. The fourth-order valence-corrected chi connectivity index (χ4v) is 3.63. The van der Waals surface area contributed by atoms with Gasteiger partial charge in [-0.3, -0.25) is 9.80 Å². The van der Waals surface area contributed by atoms with Gasteiger partial charge in [-0.1, -0.05) is 35.6 Å². The summed E-state index contributed by atoms with van der Waals surface area (Å²) in [6, 6.07) is 13.4. The SMILES string of the molecule is CCN(CC)N=Nc1ccc(S(=O)(=O)N[C@H](Cc2ccccc2)C(=O)O)cc1. The normalized spacial score (nSPS) is 12.8. The van der Waals surface area contributed by atoms with Crippen LogP contribution >= 0.6 is 0 Å². The van der Waals surface area contributed by atoms with Crippen molar-refractivity contribution in [3.05, 3.63) is 60.2 Å². The van der Waals surface area contributed by atoms with Gasteiger partial charge >= 0.3 is 5.97 Å². The van der Waals surface area contributed by atoms with Gasteiger partial charge in [-0.05, 0) is 50.1 Å². The predicted molar refractivity (Wildman–Crippen MR) is 106 cm³/mol. The number of carboxylic acid groups (broad SMARTS) is 1. The largest absolute Gasteiger partial charge is 0.480 e. The summed E-state index contributed by atoms with van der Waals surface area (Å²) in [6.07, 6.45) is 0.0472. The first kappa shape index (κ1) is 21.5. The number of nitrogens with zero attached hydrogens (tertiary/aromatic N) is 3. The van der Waals surface area contributed by atoms with Crippen molar-refractivity contribution in [1.82, 2.24) is 9.73 Å². The number of nitrogens with one attached hydrogen (secondary N) is 1. The third-order valence-corrected chi connectivity index (χ3v) is 5.53. The van der Waals surface area contributed by atoms with E-state index in [1.807, 2.05) is 19.9 Å². The highest BCUT2D eigenvalue weighted by Gasteiger charge is 2.25. The van der Waals surface area contributed by atoms with Crippen LogP contribution in [0, 0.1) is 0 Å². The standard InChI is InChI=1S/C19H24N4O4S/c1-3-23(4-2)22-20-16-10-12-17(13-11-16)28(26,27)21-18(19(24)25)14-15-8-6-5-7-9-15/h5-13,18,21H,3-4,14H2,1-2H3,(H,24,25)/t18-/m1/s1. The molecule has 0 heterocycles. The number of hydrogen-bond donors (Lipinski definition) is 2. The monoisotopic (exact) mass is 404 g/mol. The lowest BCUT2D eigenvalue weighted by molar-refractivity contribution is -0.138. The van der Waals surface area contributed by atoms with E-state index in [0.717, 1.165) is 5.56 Å². The molecule has 0 spiro atoms. The molecule has 2 aromatic rings. The topological polar surface area (TPSA) is 111 Å². The van der Waals surface area contributed by atoms with Crippen molar-refractivity contribution in [3.63, 3.8) is 0 Å². The van der Waals surface area contributed by atoms with Crippen molar-refractivity contribution in [2.24, 2.45) is 10.3 Å². The van der Waals surface area contributed by atoms with Gasteiger partial charge < -0.3 is 5.11 Å². The van der Waals surface area contributed by atoms with Gasteiger partial charge in [0.2, 0.25) is 10.0 Å². The number of benzene rings is 2. The summed E-state index contributed by atoms with van der Waals surface area (Å²) in [5.74, 6) is -1.24. The summed E-state index contributed by atoms with van der Waals surface area (Å²) in [4.78, 5) is 11.5. The first-order valence-corrected chi connectivity index (χ1v) is 10.4. The van der Waals surface area contributed by atoms with Crippen LogP contribution in [0.1, 0.15) is 19.4 Å². The molecular formula is C19H24N4O4S. The Hall–Kier alpha value is -2.78. The minimum atomic E-state index is -4.00. The number of aliphatic carboxylic acids is 1. The van der Waals surface area contributed by atoms with Crippen LogP contribution in [0.4, 0.5) is 5.69 Å². The molecule has 0 saturated heterocycles. The fourth-order valence-electron chi connectivity index (χ4n) is 2.44. The van der Waals surface area contributed by atoms with Crippen LogP contribution < -0.4 is 4.72 Å². The molecule has 0 saturated carbocycles. The van der Waals surface area contributed by atoms with E-state index in [2.05, 4.69) is 15.1 Å². The molecule has 9 heteroatoms. The van der Waals surface area contributed by atoms with Crippen LogP contribution in [0.2, 0.25) is 0 Å². The zero-order chi connectivity index (χ0) is 20.6. The maximum absolute atomic E-state index is 12.6. The van der Waals surface area contributed by atoms with Crippen molar-refractivity contribution < 1.29 is 18.3 Å². The Morgan fingerprint density at radius 1 is 1.07 bits per heavy atom. The minimum Gasteiger partial charge on any atom is -0.480 e. The quantitative estimate of drug-likeness (QED) is 0.467. The molecular weight excluding hydrogens is 380 g/mol. The van der Waals surface area contributed by atoms with Gasteiger partial charge in [0.15, 0.2) is 0 Å². The summed E-state index contributed by atoms with van der Waals surface area (Å²) in [5.41, 5.74) is 1.23. The van der Waals surface area contributed by atoms with E-state index in [-0.39, 0.29) is 11.3 Å². The second kappa shape index (κ2) is 9.95. The van der Waals surface area contributed by atoms with Crippen LogP contribution in [0.15, 0.2) is 69.8 Å². The van der Waals surface area contributed by atoms with Gasteiger partial charge in [0.1, 0.15) is 6.04 Å². The minimum absolute atomic E-state index is 0.0337. The molecule has 28 heavy (non-hydrogen) atoms. The molecule has 0 unspecified atom stereocenters. The smallest absolute Gasteiger partial charge is 0.322 e. The number of carbonyl (C=O) groups is 1. The lowest BCUT2D eigenvalue weighted by atomic mass is 10.1. The molecule has 2 aromatic carbocycles. The summed E-state index contributed by atoms with van der Waals surface area (Å²) >= 11 is 0. The van der Waals surface area contributed by atoms with Crippen molar-refractivity contribution in [1.29, 1.82) is 0 Å². The molecule has 0 radical (unpaired) electrons. The van der Waals surface area contributed by atoms with Crippen LogP contribution in [0.5, 0.6) is 0 Å². The molecule has 0 aromatic heterocycles. The molecule has 8 nitrogen and oxygen atoms in total. The highest BCUT2D eigenvalue weighted by molar-refractivity contribution is 7.89.